The van der Waals surface area contributed by atoms with Crippen molar-refractivity contribution in [2.75, 3.05) is 19.7 Å². The number of nitrogens with zero attached hydrogens (tertiary/aromatic N) is 3. The second-order valence-electron chi connectivity index (χ2n) is 7.14. The van der Waals surface area contributed by atoms with Gasteiger partial charge in [-0.05, 0) is 49.8 Å². The fourth-order valence-corrected chi connectivity index (χ4v) is 5.04. The Kier molecular flexibility index (Phi) is 4.44. The van der Waals surface area contributed by atoms with Crippen LogP contribution < -0.4 is 5.69 Å². The highest BCUT2D eigenvalue weighted by atomic mass is 32.1. The normalized spacial score (nSPS) is 18.8. The Labute approximate surface area is 156 Å². The molecule has 0 bridgehead atoms. The van der Waals surface area contributed by atoms with Crippen LogP contribution in [0.3, 0.4) is 0 Å². The predicted molar refractivity (Wildman–Crippen MR) is 99.4 cm³/mol. The molecule has 2 aromatic heterocycles. The van der Waals surface area contributed by atoms with Crippen molar-refractivity contribution in [2.24, 2.45) is 0 Å². The summed E-state index contributed by atoms with van der Waals surface area (Å²) in [6.07, 6.45) is 2.60. The molecule has 2 aromatic rings. The zero-order valence-electron chi connectivity index (χ0n) is 15.2. The first-order valence-corrected chi connectivity index (χ1v) is 9.90. The molecule has 0 radical (unpaired) electrons. The van der Waals surface area contributed by atoms with Crippen LogP contribution in [-0.2, 0) is 28.1 Å². The van der Waals surface area contributed by atoms with Gasteiger partial charge in [-0.15, -0.1) is 11.3 Å². The maximum atomic E-state index is 12.7. The third-order valence-corrected chi connectivity index (χ3v) is 6.49. The van der Waals surface area contributed by atoms with E-state index in [1.807, 2.05) is 17.9 Å². The van der Waals surface area contributed by atoms with E-state index in [-0.39, 0.29) is 23.7 Å². The van der Waals surface area contributed by atoms with Crippen LogP contribution in [0.1, 0.15) is 34.7 Å². The Morgan fingerprint density at radius 1 is 1.35 bits per heavy atom. The van der Waals surface area contributed by atoms with E-state index < -0.39 is 0 Å². The van der Waals surface area contributed by atoms with E-state index in [0.717, 1.165) is 31.6 Å². The van der Waals surface area contributed by atoms with Gasteiger partial charge in [-0.25, -0.2) is 4.79 Å². The molecular weight excluding hydrogens is 350 g/mol. The fourth-order valence-electron chi connectivity index (χ4n) is 4.09. The summed E-state index contributed by atoms with van der Waals surface area (Å²) in [5, 5.41) is 2.14. The number of likely N-dealkylation sites (tertiary alicyclic amines) is 1. The highest BCUT2D eigenvalue weighted by Crippen LogP contribution is 2.43. The van der Waals surface area contributed by atoms with E-state index in [4.69, 9.17) is 4.74 Å². The lowest BCUT2D eigenvalue weighted by atomic mass is 9.82. The smallest absolute Gasteiger partial charge is 0.348 e. The summed E-state index contributed by atoms with van der Waals surface area (Å²) in [5.74, 6) is -0.0305. The van der Waals surface area contributed by atoms with Crippen molar-refractivity contribution in [2.45, 2.75) is 45.3 Å². The van der Waals surface area contributed by atoms with Crippen molar-refractivity contribution in [3.05, 3.63) is 49.8 Å². The maximum absolute atomic E-state index is 12.7. The Morgan fingerprint density at radius 2 is 2.12 bits per heavy atom. The molecule has 6 nitrogen and oxygen atoms in total. The third-order valence-electron chi connectivity index (χ3n) is 5.51. The number of hydrogen-bond donors (Lipinski definition) is 0. The molecule has 4 rings (SSSR count). The van der Waals surface area contributed by atoms with Gasteiger partial charge >= 0.3 is 5.69 Å². The average molecular weight is 373 g/mol. The van der Waals surface area contributed by atoms with Gasteiger partial charge in [0.25, 0.3) is 0 Å². The Balaban J connectivity index is 1.46. The van der Waals surface area contributed by atoms with Crippen LogP contribution in [0.2, 0.25) is 0 Å². The predicted octanol–water partition coefficient (Wildman–Crippen LogP) is 2.01. The lowest BCUT2D eigenvalue weighted by Gasteiger charge is -2.44. The summed E-state index contributed by atoms with van der Waals surface area (Å²) in [6, 6.07) is 4.01. The number of thiophene rings is 1. The zero-order chi connectivity index (χ0) is 18.3. The Hall–Kier alpha value is -1.99. The number of aryl methyl sites for hydroxylation is 2. The largest absolute Gasteiger partial charge is 0.370 e. The molecule has 2 aliphatic rings. The second kappa shape index (κ2) is 6.63. The highest BCUT2D eigenvalue weighted by Gasteiger charge is 2.42. The van der Waals surface area contributed by atoms with E-state index in [0.29, 0.717) is 18.8 Å². The monoisotopic (exact) mass is 373 g/mol. The van der Waals surface area contributed by atoms with Gasteiger partial charge in [0.2, 0.25) is 5.91 Å². The van der Waals surface area contributed by atoms with Crippen LogP contribution in [0.5, 0.6) is 0 Å². The number of ether oxygens (including phenoxy) is 1. The van der Waals surface area contributed by atoms with Gasteiger partial charge in [0.15, 0.2) is 0 Å². The zero-order valence-corrected chi connectivity index (χ0v) is 16.0. The molecule has 1 amide bonds. The SMILES string of the molecule is Cc1cc(C)n(CC(=O)N2CCC3(CC2)OCCc2sccc23)c(=O)n1. The first kappa shape index (κ1) is 17.4. The molecule has 0 aliphatic carbocycles. The number of carbonyl (C=O) groups is 1. The van der Waals surface area contributed by atoms with Crippen molar-refractivity contribution in [3.8, 4) is 0 Å². The number of hydrogen-bond acceptors (Lipinski definition) is 5. The van der Waals surface area contributed by atoms with Crippen LogP contribution in [0.15, 0.2) is 22.3 Å². The summed E-state index contributed by atoms with van der Waals surface area (Å²) in [6.45, 7) is 5.74. The number of piperidine rings is 1. The number of aromatic nitrogens is 2. The first-order valence-electron chi connectivity index (χ1n) is 9.02. The van der Waals surface area contributed by atoms with E-state index in [1.165, 1.54) is 15.0 Å². The van der Waals surface area contributed by atoms with Crippen LogP contribution >= 0.6 is 11.3 Å². The molecule has 1 spiro atoms. The minimum Gasteiger partial charge on any atom is -0.370 e. The lowest BCUT2D eigenvalue weighted by molar-refractivity contribution is -0.141. The molecule has 0 aromatic carbocycles. The van der Waals surface area contributed by atoms with Gasteiger partial charge in [0.1, 0.15) is 6.54 Å². The molecule has 4 heterocycles. The van der Waals surface area contributed by atoms with Crippen molar-refractivity contribution < 1.29 is 9.53 Å². The van der Waals surface area contributed by atoms with Gasteiger partial charge in [-0.1, -0.05) is 0 Å². The van der Waals surface area contributed by atoms with Gasteiger partial charge in [0, 0.05) is 35.8 Å². The molecule has 0 atom stereocenters. The van der Waals surface area contributed by atoms with Crippen LogP contribution in [-0.4, -0.2) is 40.1 Å². The number of carbonyl (C=O) groups excluding carboxylic acids is 1. The number of amides is 1. The molecule has 2 aliphatic heterocycles. The molecular formula is C19H23N3O3S. The van der Waals surface area contributed by atoms with E-state index >= 15 is 0 Å². The summed E-state index contributed by atoms with van der Waals surface area (Å²) in [4.78, 5) is 32.0. The Morgan fingerprint density at radius 3 is 2.85 bits per heavy atom. The van der Waals surface area contributed by atoms with E-state index in [9.17, 15) is 9.59 Å². The number of rotatable bonds is 2. The van der Waals surface area contributed by atoms with Crippen molar-refractivity contribution in [1.29, 1.82) is 0 Å². The third kappa shape index (κ3) is 2.99. The standard InChI is InChI=1S/C19H23N3O3S/c1-13-11-14(2)22(18(24)20-13)12-17(23)21-7-5-19(6-8-21)15-4-10-26-16(15)3-9-25-19/h4,10-11H,3,5-9,12H2,1-2H3. The molecule has 1 saturated heterocycles. The molecule has 7 heteroatoms. The minimum atomic E-state index is -0.358. The minimum absolute atomic E-state index is 0.0305. The van der Waals surface area contributed by atoms with Crippen molar-refractivity contribution in [1.82, 2.24) is 14.5 Å². The second-order valence-corrected chi connectivity index (χ2v) is 8.14. The molecule has 0 saturated carbocycles. The molecule has 0 unspecified atom stereocenters. The molecule has 26 heavy (non-hydrogen) atoms. The topological polar surface area (TPSA) is 64.4 Å². The summed E-state index contributed by atoms with van der Waals surface area (Å²) in [5.41, 5.74) is 2.17. The molecule has 0 N–H and O–H groups in total. The van der Waals surface area contributed by atoms with Gasteiger partial charge in [-0.3, -0.25) is 9.36 Å². The Bertz CT molecular complexity index is 894. The van der Waals surface area contributed by atoms with Crippen LogP contribution in [0.25, 0.3) is 0 Å². The number of fused-ring (bicyclic) bond motifs is 2. The van der Waals surface area contributed by atoms with E-state index in [2.05, 4.69) is 16.4 Å². The summed E-state index contributed by atoms with van der Waals surface area (Å²) in [7, 11) is 0. The summed E-state index contributed by atoms with van der Waals surface area (Å²) < 4.78 is 7.64. The van der Waals surface area contributed by atoms with Gasteiger partial charge in [0.05, 0.1) is 12.2 Å². The average Bonchev–Trinajstić information content (AvgIpc) is 3.09. The maximum Gasteiger partial charge on any atom is 0.348 e. The quantitative estimate of drug-likeness (QED) is 0.808. The van der Waals surface area contributed by atoms with Crippen molar-refractivity contribution in [3.63, 3.8) is 0 Å². The van der Waals surface area contributed by atoms with E-state index in [1.54, 1.807) is 18.3 Å². The fraction of sp³-hybridized carbons (Fsp3) is 0.526. The first-order chi connectivity index (χ1) is 12.5. The molecule has 138 valence electrons. The van der Waals surface area contributed by atoms with Crippen LogP contribution in [0.4, 0.5) is 0 Å². The van der Waals surface area contributed by atoms with Gasteiger partial charge < -0.3 is 9.64 Å². The lowest BCUT2D eigenvalue weighted by Crippen LogP contribution is -2.49. The highest BCUT2D eigenvalue weighted by molar-refractivity contribution is 7.10. The summed E-state index contributed by atoms with van der Waals surface area (Å²) >= 11 is 1.80. The van der Waals surface area contributed by atoms with Crippen molar-refractivity contribution >= 4 is 17.2 Å². The van der Waals surface area contributed by atoms with Crippen LogP contribution in [0, 0.1) is 13.8 Å². The molecule has 1 fully saturated rings. The van der Waals surface area contributed by atoms with Gasteiger partial charge in [-0.2, -0.15) is 4.98 Å².